The predicted octanol–water partition coefficient (Wildman–Crippen LogP) is 3.72. The maximum absolute atomic E-state index is 13.5. The summed E-state index contributed by atoms with van der Waals surface area (Å²) in [6, 6.07) is 9.25. The molecule has 1 aliphatic rings. The van der Waals surface area contributed by atoms with Crippen molar-refractivity contribution in [3.05, 3.63) is 53.7 Å². The van der Waals surface area contributed by atoms with Crippen LogP contribution >= 0.6 is 0 Å². The van der Waals surface area contributed by atoms with Crippen LogP contribution in [0.2, 0.25) is 0 Å². The Morgan fingerprint density at radius 2 is 1.89 bits per heavy atom. The van der Waals surface area contributed by atoms with Crippen molar-refractivity contribution >= 4 is 5.97 Å². The third-order valence-corrected chi connectivity index (χ3v) is 4.48. The maximum atomic E-state index is 13.5. The second kappa shape index (κ2) is 8.60. The lowest BCUT2D eigenvalue weighted by Gasteiger charge is -2.29. The third kappa shape index (κ3) is 5.45. The number of carbonyl (C=O) groups excluding carboxylic acids is 1. The molecular weight excluding hydrogens is 373 g/mol. The summed E-state index contributed by atoms with van der Waals surface area (Å²) in [5.41, 5.74) is -0.861. The number of carbonyl (C=O) groups is 1. The lowest BCUT2D eigenvalue weighted by Crippen LogP contribution is -2.36. The molecule has 1 aliphatic heterocycles. The summed E-state index contributed by atoms with van der Waals surface area (Å²) in [6.07, 6.45) is -2.75. The quantitative estimate of drug-likeness (QED) is 0.572. The normalized spacial score (nSPS) is 16.0. The molecule has 1 aromatic heterocycles. The summed E-state index contributed by atoms with van der Waals surface area (Å²) in [6.45, 7) is 1.52. The minimum absolute atomic E-state index is 0.115. The number of aromatic nitrogens is 1. The van der Waals surface area contributed by atoms with E-state index in [1.165, 1.54) is 6.20 Å². The Kier molecular flexibility index (Phi) is 6.18. The molecule has 0 N–H and O–H groups in total. The van der Waals surface area contributed by atoms with Crippen LogP contribution in [-0.4, -0.2) is 42.1 Å². The van der Waals surface area contributed by atoms with Gasteiger partial charge in [0.15, 0.2) is 0 Å². The van der Waals surface area contributed by atoms with Gasteiger partial charge in [0.1, 0.15) is 17.4 Å². The maximum Gasteiger partial charge on any atom is 0.421 e. The molecule has 8 heteroatoms. The van der Waals surface area contributed by atoms with Crippen LogP contribution in [0.15, 0.2) is 42.6 Å². The highest BCUT2D eigenvalue weighted by atomic mass is 19.4. The van der Waals surface area contributed by atoms with E-state index >= 15 is 0 Å². The van der Waals surface area contributed by atoms with Crippen molar-refractivity contribution in [2.24, 2.45) is 0 Å². The zero-order chi connectivity index (χ0) is 20.1. The van der Waals surface area contributed by atoms with Gasteiger partial charge in [-0.25, -0.2) is 4.98 Å². The fraction of sp³-hybridized carbons (Fsp3) is 0.400. The van der Waals surface area contributed by atoms with Gasteiger partial charge in [-0.15, -0.1) is 0 Å². The molecule has 2 aromatic rings. The van der Waals surface area contributed by atoms with Crippen molar-refractivity contribution in [3.63, 3.8) is 0 Å². The van der Waals surface area contributed by atoms with Gasteiger partial charge in [-0.1, -0.05) is 18.2 Å². The van der Waals surface area contributed by atoms with E-state index < -0.39 is 23.6 Å². The summed E-state index contributed by atoms with van der Waals surface area (Å²) < 4.78 is 51.1. The SMILES string of the molecule is CN1CCC(Oc2ncc(CC(=O)Oc3ccccc3)cc2C(F)(F)F)CC1. The zero-order valence-electron chi connectivity index (χ0n) is 15.4. The molecule has 0 amide bonds. The van der Waals surface area contributed by atoms with E-state index in [2.05, 4.69) is 9.88 Å². The predicted molar refractivity (Wildman–Crippen MR) is 96.2 cm³/mol. The number of pyridine rings is 1. The largest absolute Gasteiger partial charge is 0.474 e. The van der Waals surface area contributed by atoms with Gasteiger partial charge in [0.2, 0.25) is 5.88 Å². The van der Waals surface area contributed by atoms with Crippen LogP contribution in [0.4, 0.5) is 13.2 Å². The Bertz CT molecular complexity index is 804. The van der Waals surface area contributed by atoms with E-state index in [4.69, 9.17) is 9.47 Å². The van der Waals surface area contributed by atoms with Crippen LogP contribution in [0.3, 0.4) is 0 Å². The summed E-state index contributed by atoms with van der Waals surface area (Å²) in [4.78, 5) is 18.0. The van der Waals surface area contributed by atoms with Gasteiger partial charge >= 0.3 is 12.1 Å². The number of rotatable bonds is 5. The number of para-hydroxylation sites is 1. The first-order valence-corrected chi connectivity index (χ1v) is 8.98. The number of esters is 1. The van der Waals surface area contributed by atoms with Crippen molar-refractivity contribution in [2.75, 3.05) is 20.1 Å². The Morgan fingerprint density at radius 3 is 2.54 bits per heavy atom. The summed E-state index contributed by atoms with van der Waals surface area (Å²) in [5.74, 6) is -0.772. The number of ether oxygens (including phenoxy) is 2. The molecule has 0 saturated carbocycles. The number of alkyl halides is 3. The molecule has 0 atom stereocenters. The molecule has 1 saturated heterocycles. The molecule has 0 bridgehead atoms. The van der Waals surface area contributed by atoms with Crippen LogP contribution in [-0.2, 0) is 17.4 Å². The number of piperidine rings is 1. The average molecular weight is 394 g/mol. The van der Waals surface area contributed by atoms with Gasteiger partial charge in [0.05, 0.1) is 6.42 Å². The number of hydrogen-bond donors (Lipinski definition) is 0. The highest BCUT2D eigenvalue weighted by Gasteiger charge is 2.36. The highest BCUT2D eigenvalue weighted by Crippen LogP contribution is 2.36. The standard InChI is InChI=1S/C20H21F3N2O3/c1-25-9-7-16(8-10-25)28-19-17(20(21,22)23)11-14(13-24-19)12-18(26)27-15-5-3-2-4-6-15/h2-6,11,13,16H,7-10,12H2,1H3. The van der Waals surface area contributed by atoms with Crippen molar-refractivity contribution < 1.29 is 27.4 Å². The first-order valence-electron chi connectivity index (χ1n) is 8.98. The van der Waals surface area contributed by atoms with Crippen molar-refractivity contribution in [3.8, 4) is 11.6 Å². The Balaban J connectivity index is 1.72. The first-order chi connectivity index (χ1) is 13.3. The molecule has 0 radical (unpaired) electrons. The Morgan fingerprint density at radius 1 is 1.21 bits per heavy atom. The fourth-order valence-electron chi connectivity index (χ4n) is 2.97. The third-order valence-electron chi connectivity index (χ3n) is 4.48. The molecule has 2 heterocycles. The molecule has 5 nitrogen and oxygen atoms in total. The van der Waals surface area contributed by atoms with Gasteiger partial charge in [-0.3, -0.25) is 4.79 Å². The minimum atomic E-state index is -4.63. The van der Waals surface area contributed by atoms with Crippen molar-refractivity contribution in [1.82, 2.24) is 9.88 Å². The van der Waals surface area contributed by atoms with Crippen LogP contribution in [0.1, 0.15) is 24.0 Å². The number of benzene rings is 1. The number of hydrogen-bond acceptors (Lipinski definition) is 5. The minimum Gasteiger partial charge on any atom is -0.474 e. The molecule has 0 aliphatic carbocycles. The Hall–Kier alpha value is -2.61. The van der Waals surface area contributed by atoms with E-state index in [0.717, 1.165) is 19.2 Å². The molecular formula is C20H21F3N2O3. The number of nitrogens with zero attached hydrogens (tertiary/aromatic N) is 2. The van der Waals surface area contributed by atoms with E-state index in [0.29, 0.717) is 18.6 Å². The van der Waals surface area contributed by atoms with E-state index in [-0.39, 0.29) is 18.1 Å². The molecule has 28 heavy (non-hydrogen) atoms. The van der Waals surface area contributed by atoms with Gasteiger partial charge < -0.3 is 14.4 Å². The second-order valence-corrected chi connectivity index (χ2v) is 6.78. The molecule has 3 rings (SSSR count). The summed E-state index contributed by atoms with van der Waals surface area (Å²) in [7, 11) is 1.96. The number of halogens is 3. The average Bonchev–Trinajstić information content (AvgIpc) is 2.65. The monoisotopic (exact) mass is 394 g/mol. The van der Waals surface area contributed by atoms with Crippen LogP contribution < -0.4 is 9.47 Å². The van der Waals surface area contributed by atoms with Crippen molar-refractivity contribution in [2.45, 2.75) is 31.5 Å². The van der Waals surface area contributed by atoms with E-state index in [9.17, 15) is 18.0 Å². The Labute approximate surface area is 161 Å². The topological polar surface area (TPSA) is 51.7 Å². The molecule has 0 spiro atoms. The van der Waals surface area contributed by atoms with Gasteiger partial charge in [0, 0.05) is 19.3 Å². The zero-order valence-corrected chi connectivity index (χ0v) is 15.4. The van der Waals surface area contributed by atoms with E-state index in [1.54, 1.807) is 30.3 Å². The molecule has 1 fully saturated rings. The van der Waals surface area contributed by atoms with Gasteiger partial charge in [-0.2, -0.15) is 13.2 Å². The second-order valence-electron chi connectivity index (χ2n) is 6.78. The summed E-state index contributed by atoms with van der Waals surface area (Å²) in [5, 5.41) is 0. The lowest BCUT2D eigenvalue weighted by molar-refractivity contribution is -0.140. The summed E-state index contributed by atoms with van der Waals surface area (Å²) >= 11 is 0. The van der Waals surface area contributed by atoms with Crippen LogP contribution in [0, 0.1) is 0 Å². The fourth-order valence-corrected chi connectivity index (χ4v) is 2.97. The van der Waals surface area contributed by atoms with Crippen molar-refractivity contribution in [1.29, 1.82) is 0 Å². The highest BCUT2D eigenvalue weighted by molar-refractivity contribution is 5.75. The van der Waals surface area contributed by atoms with Gasteiger partial charge in [-0.05, 0) is 43.7 Å². The molecule has 0 unspecified atom stereocenters. The first kappa shape index (κ1) is 20.1. The van der Waals surface area contributed by atoms with Crippen LogP contribution in [0.5, 0.6) is 11.6 Å². The lowest BCUT2D eigenvalue weighted by atomic mass is 10.1. The van der Waals surface area contributed by atoms with E-state index in [1.807, 2.05) is 7.05 Å². The van der Waals surface area contributed by atoms with Gasteiger partial charge in [0.25, 0.3) is 0 Å². The molecule has 150 valence electrons. The smallest absolute Gasteiger partial charge is 0.421 e. The molecule has 1 aromatic carbocycles. The number of likely N-dealkylation sites (tertiary alicyclic amines) is 1. The van der Waals surface area contributed by atoms with Crippen LogP contribution in [0.25, 0.3) is 0 Å².